The predicted molar refractivity (Wildman–Crippen MR) is 70.4 cm³/mol. The van der Waals surface area contributed by atoms with Crippen LogP contribution in [0.4, 0.5) is 5.82 Å². The molecule has 5 nitrogen and oxygen atoms in total. The Balaban J connectivity index is 2.78. The van der Waals surface area contributed by atoms with E-state index >= 15 is 0 Å². The summed E-state index contributed by atoms with van der Waals surface area (Å²) in [6.07, 6.45) is 4.38. The SMILES string of the molecule is CCC(C)CN(CC)c1cnc(C(=N)N)cn1. The average molecular weight is 235 g/mol. The largest absolute Gasteiger partial charge is 0.382 e. The van der Waals surface area contributed by atoms with Crippen molar-refractivity contribution in [3.8, 4) is 0 Å². The van der Waals surface area contributed by atoms with Gasteiger partial charge in [0.2, 0.25) is 0 Å². The van der Waals surface area contributed by atoms with Crippen LogP contribution in [0, 0.1) is 11.3 Å². The number of hydrogen-bond donors (Lipinski definition) is 2. The molecule has 0 amide bonds. The lowest BCUT2D eigenvalue weighted by molar-refractivity contribution is 0.545. The van der Waals surface area contributed by atoms with E-state index in [-0.39, 0.29) is 5.84 Å². The molecule has 1 atom stereocenters. The number of amidine groups is 1. The molecule has 1 rings (SSSR count). The second-order valence-electron chi connectivity index (χ2n) is 4.23. The van der Waals surface area contributed by atoms with Gasteiger partial charge in [-0.3, -0.25) is 5.41 Å². The molecular weight excluding hydrogens is 214 g/mol. The van der Waals surface area contributed by atoms with E-state index in [1.165, 1.54) is 0 Å². The maximum absolute atomic E-state index is 7.26. The van der Waals surface area contributed by atoms with Crippen LogP contribution < -0.4 is 10.6 Å². The molecule has 94 valence electrons. The smallest absolute Gasteiger partial charge is 0.147 e. The number of aromatic nitrogens is 2. The van der Waals surface area contributed by atoms with Crippen LogP contribution in [0.15, 0.2) is 12.4 Å². The molecule has 3 N–H and O–H groups in total. The summed E-state index contributed by atoms with van der Waals surface area (Å²) in [5.41, 5.74) is 5.77. The Kier molecular flexibility index (Phi) is 4.87. The van der Waals surface area contributed by atoms with Gasteiger partial charge in [-0.05, 0) is 12.8 Å². The molecular formula is C12H21N5. The van der Waals surface area contributed by atoms with E-state index < -0.39 is 0 Å². The van der Waals surface area contributed by atoms with Crippen LogP contribution in [-0.2, 0) is 0 Å². The molecule has 0 spiro atoms. The van der Waals surface area contributed by atoms with Gasteiger partial charge in [-0.1, -0.05) is 20.3 Å². The maximum atomic E-state index is 7.26. The Morgan fingerprint density at radius 2 is 2.12 bits per heavy atom. The number of anilines is 1. The van der Waals surface area contributed by atoms with Crippen LogP contribution in [0.1, 0.15) is 32.9 Å². The number of nitrogens with two attached hydrogens (primary N) is 1. The van der Waals surface area contributed by atoms with Crippen molar-refractivity contribution in [1.29, 1.82) is 5.41 Å². The monoisotopic (exact) mass is 235 g/mol. The summed E-state index contributed by atoms with van der Waals surface area (Å²) >= 11 is 0. The van der Waals surface area contributed by atoms with Crippen molar-refractivity contribution in [2.24, 2.45) is 11.7 Å². The molecule has 0 fully saturated rings. The minimum absolute atomic E-state index is 0.0472. The Labute approximate surface area is 103 Å². The standard InChI is InChI=1S/C12H21N5/c1-4-9(3)8-17(5-2)11-7-15-10(6-16-11)12(13)14/h6-7,9H,4-5,8H2,1-3H3,(H3,13,14). The zero-order valence-electron chi connectivity index (χ0n) is 10.8. The van der Waals surface area contributed by atoms with E-state index in [0.29, 0.717) is 11.6 Å². The van der Waals surface area contributed by atoms with Crippen molar-refractivity contribution in [1.82, 2.24) is 9.97 Å². The Bertz CT molecular complexity index is 360. The van der Waals surface area contributed by atoms with E-state index in [0.717, 1.165) is 25.3 Å². The van der Waals surface area contributed by atoms with Gasteiger partial charge in [-0.15, -0.1) is 0 Å². The third-order valence-electron chi connectivity index (χ3n) is 2.85. The molecule has 0 saturated carbocycles. The molecule has 1 aromatic rings. The molecule has 0 aliphatic carbocycles. The Morgan fingerprint density at radius 3 is 2.53 bits per heavy atom. The summed E-state index contributed by atoms with van der Waals surface area (Å²) in [5, 5.41) is 7.26. The molecule has 0 aliphatic rings. The quantitative estimate of drug-likeness (QED) is 0.580. The summed E-state index contributed by atoms with van der Waals surface area (Å²) in [5.74, 6) is 1.43. The fourth-order valence-corrected chi connectivity index (χ4v) is 1.51. The first-order valence-electron chi connectivity index (χ1n) is 5.99. The normalized spacial score (nSPS) is 12.2. The zero-order chi connectivity index (χ0) is 12.8. The number of rotatable bonds is 6. The number of hydrogen-bond acceptors (Lipinski definition) is 4. The highest BCUT2D eigenvalue weighted by atomic mass is 15.2. The predicted octanol–water partition coefficient (Wildman–Crippen LogP) is 1.63. The van der Waals surface area contributed by atoms with E-state index in [1.807, 2.05) is 0 Å². The lowest BCUT2D eigenvalue weighted by atomic mass is 10.1. The van der Waals surface area contributed by atoms with Crippen molar-refractivity contribution in [3.63, 3.8) is 0 Å². The first-order valence-corrected chi connectivity index (χ1v) is 5.99. The molecule has 1 heterocycles. The zero-order valence-corrected chi connectivity index (χ0v) is 10.8. The summed E-state index contributed by atoms with van der Waals surface area (Å²) in [7, 11) is 0. The van der Waals surface area contributed by atoms with Crippen LogP contribution >= 0.6 is 0 Å². The molecule has 0 radical (unpaired) electrons. The van der Waals surface area contributed by atoms with E-state index in [1.54, 1.807) is 12.4 Å². The van der Waals surface area contributed by atoms with E-state index in [4.69, 9.17) is 11.1 Å². The molecule has 5 heteroatoms. The van der Waals surface area contributed by atoms with Crippen LogP contribution in [0.5, 0.6) is 0 Å². The molecule has 17 heavy (non-hydrogen) atoms. The lowest BCUT2D eigenvalue weighted by Gasteiger charge is -2.24. The molecule has 0 saturated heterocycles. The fourth-order valence-electron chi connectivity index (χ4n) is 1.51. The number of nitrogens with zero attached hydrogens (tertiary/aromatic N) is 3. The van der Waals surface area contributed by atoms with Gasteiger partial charge in [0.25, 0.3) is 0 Å². The van der Waals surface area contributed by atoms with Gasteiger partial charge >= 0.3 is 0 Å². The summed E-state index contributed by atoms with van der Waals surface area (Å²) in [6, 6.07) is 0. The van der Waals surface area contributed by atoms with Crippen molar-refractivity contribution < 1.29 is 0 Å². The van der Waals surface area contributed by atoms with Crippen LogP contribution in [0.3, 0.4) is 0 Å². The van der Waals surface area contributed by atoms with Crippen LogP contribution in [-0.4, -0.2) is 28.9 Å². The lowest BCUT2D eigenvalue weighted by Crippen LogP contribution is -2.29. The second kappa shape index (κ2) is 6.18. The first kappa shape index (κ1) is 13.4. The summed E-state index contributed by atoms with van der Waals surface area (Å²) in [4.78, 5) is 10.6. The van der Waals surface area contributed by atoms with Crippen LogP contribution in [0.25, 0.3) is 0 Å². The van der Waals surface area contributed by atoms with E-state index in [9.17, 15) is 0 Å². The molecule has 1 unspecified atom stereocenters. The van der Waals surface area contributed by atoms with Gasteiger partial charge in [0.1, 0.15) is 17.3 Å². The van der Waals surface area contributed by atoms with Crippen molar-refractivity contribution in [2.45, 2.75) is 27.2 Å². The highest BCUT2D eigenvalue weighted by molar-refractivity contribution is 5.92. The maximum Gasteiger partial charge on any atom is 0.147 e. The van der Waals surface area contributed by atoms with Gasteiger partial charge in [0.05, 0.1) is 12.4 Å². The third-order valence-corrected chi connectivity index (χ3v) is 2.85. The molecule has 0 bridgehead atoms. The molecule has 0 aromatic carbocycles. The summed E-state index contributed by atoms with van der Waals surface area (Å²) in [6.45, 7) is 8.38. The van der Waals surface area contributed by atoms with Crippen LogP contribution in [0.2, 0.25) is 0 Å². The second-order valence-corrected chi connectivity index (χ2v) is 4.23. The highest BCUT2D eigenvalue weighted by Crippen LogP contribution is 2.12. The van der Waals surface area contributed by atoms with Gasteiger partial charge < -0.3 is 10.6 Å². The van der Waals surface area contributed by atoms with Gasteiger partial charge in [0.15, 0.2) is 0 Å². The molecule has 0 aliphatic heterocycles. The third kappa shape index (κ3) is 3.69. The van der Waals surface area contributed by atoms with Crippen molar-refractivity contribution in [2.75, 3.05) is 18.0 Å². The van der Waals surface area contributed by atoms with Gasteiger partial charge in [0, 0.05) is 13.1 Å². The van der Waals surface area contributed by atoms with Crippen molar-refractivity contribution >= 4 is 11.7 Å². The highest BCUT2D eigenvalue weighted by Gasteiger charge is 2.10. The van der Waals surface area contributed by atoms with Gasteiger partial charge in [-0.2, -0.15) is 0 Å². The number of nitrogen functional groups attached to an aromatic ring is 1. The minimum Gasteiger partial charge on any atom is -0.382 e. The topological polar surface area (TPSA) is 78.9 Å². The van der Waals surface area contributed by atoms with Gasteiger partial charge in [-0.25, -0.2) is 9.97 Å². The van der Waals surface area contributed by atoms with E-state index in [2.05, 4.69) is 35.6 Å². The Hall–Kier alpha value is -1.65. The number of nitrogens with one attached hydrogen (secondary N) is 1. The molecule has 1 aromatic heterocycles. The fraction of sp³-hybridized carbons (Fsp3) is 0.583. The minimum atomic E-state index is -0.0472. The first-order chi connectivity index (χ1) is 8.08. The van der Waals surface area contributed by atoms with Crippen molar-refractivity contribution in [3.05, 3.63) is 18.1 Å². The summed E-state index contributed by atoms with van der Waals surface area (Å²) < 4.78 is 0. The Morgan fingerprint density at radius 1 is 1.41 bits per heavy atom. The average Bonchev–Trinajstić information content (AvgIpc) is 2.35.